The van der Waals surface area contributed by atoms with E-state index in [1.807, 2.05) is 0 Å². The molecule has 1 N–H and O–H groups in total. The third kappa shape index (κ3) is 2.47. The minimum absolute atomic E-state index is 0.0368. The number of nitrogens with zero attached hydrogens (tertiary/aromatic N) is 1. The van der Waals surface area contributed by atoms with Crippen molar-refractivity contribution in [3.63, 3.8) is 0 Å². The van der Waals surface area contributed by atoms with Gasteiger partial charge in [0.2, 0.25) is 0 Å². The first kappa shape index (κ1) is 13.4. The van der Waals surface area contributed by atoms with Gasteiger partial charge >= 0.3 is 0 Å². The van der Waals surface area contributed by atoms with Crippen molar-refractivity contribution in [2.45, 2.75) is 76.4 Å². The summed E-state index contributed by atoms with van der Waals surface area (Å²) < 4.78 is 0. The Morgan fingerprint density at radius 3 is 1.95 bits per heavy atom. The molecule has 0 heterocycles. The summed E-state index contributed by atoms with van der Waals surface area (Å²) >= 11 is 0. The van der Waals surface area contributed by atoms with Gasteiger partial charge in [-0.2, -0.15) is 0 Å². The first-order valence-electron chi connectivity index (χ1n) is 9.62. The van der Waals surface area contributed by atoms with E-state index in [1.165, 1.54) is 70.8 Å². The van der Waals surface area contributed by atoms with Crippen LogP contribution in [0.25, 0.3) is 0 Å². The minimum atomic E-state index is -0.0368. The highest BCUT2D eigenvalue weighted by atomic mass is 16.3. The first-order chi connectivity index (χ1) is 10.2. The molecule has 1 unspecified atom stereocenters. The van der Waals surface area contributed by atoms with E-state index in [9.17, 15) is 5.11 Å². The molecule has 0 spiro atoms. The van der Waals surface area contributed by atoms with Gasteiger partial charge < -0.3 is 5.11 Å². The lowest BCUT2D eigenvalue weighted by Crippen LogP contribution is -2.54. The van der Waals surface area contributed by atoms with Crippen molar-refractivity contribution in [1.82, 2.24) is 4.90 Å². The highest BCUT2D eigenvalue weighted by Crippen LogP contribution is 2.61. The summed E-state index contributed by atoms with van der Waals surface area (Å²) in [6.45, 7) is 2.28. The molecule has 1 atom stereocenters. The minimum Gasteiger partial charge on any atom is -0.391 e. The van der Waals surface area contributed by atoms with Crippen molar-refractivity contribution in [1.29, 1.82) is 0 Å². The lowest BCUT2D eigenvalue weighted by molar-refractivity contribution is -0.127. The third-order valence-corrected chi connectivity index (χ3v) is 7.45. The Bertz CT molecular complexity index is 377. The molecule has 6 saturated carbocycles. The van der Waals surface area contributed by atoms with Crippen molar-refractivity contribution in [2.24, 2.45) is 29.1 Å². The molecule has 0 saturated heterocycles. The van der Waals surface area contributed by atoms with Crippen molar-refractivity contribution < 1.29 is 5.11 Å². The van der Waals surface area contributed by atoms with Crippen LogP contribution in [0.5, 0.6) is 0 Å². The number of hydrogen-bond acceptors (Lipinski definition) is 2. The van der Waals surface area contributed by atoms with Gasteiger partial charge in [0.1, 0.15) is 0 Å². The Morgan fingerprint density at radius 1 is 0.905 bits per heavy atom. The molecule has 0 aromatic carbocycles. The second-order valence-electron chi connectivity index (χ2n) is 9.42. The van der Waals surface area contributed by atoms with E-state index in [0.29, 0.717) is 5.41 Å². The first-order valence-corrected chi connectivity index (χ1v) is 9.62. The van der Waals surface area contributed by atoms with E-state index in [4.69, 9.17) is 0 Å². The number of aliphatic hydroxyl groups excluding tert-OH is 1. The molecule has 118 valence electrons. The summed E-state index contributed by atoms with van der Waals surface area (Å²) in [6, 6.07) is 0.828. The quantitative estimate of drug-likeness (QED) is 0.809. The standard InChI is InChI=1S/C19H31NO/c21-18(12-20(17-3-4-17)11-13-1-2-13)19-8-14-5-15(9-19)7-16(6-14)10-19/h13-18,21H,1-12H2. The summed E-state index contributed by atoms with van der Waals surface area (Å²) in [5.74, 6) is 3.85. The van der Waals surface area contributed by atoms with Crippen LogP contribution in [0.2, 0.25) is 0 Å². The van der Waals surface area contributed by atoms with Crippen LogP contribution >= 0.6 is 0 Å². The zero-order chi connectivity index (χ0) is 14.0. The Hall–Kier alpha value is -0.0800. The van der Waals surface area contributed by atoms with E-state index in [2.05, 4.69) is 4.90 Å². The van der Waals surface area contributed by atoms with Gasteiger partial charge in [-0.25, -0.2) is 0 Å². The van der Waals surface area contributed by atoms with E-state index in [-0.39, 0.29) is 6.10 Å². The lowest BCUT2D eigenvalue weighted by atomic mass is 9.48. The fourth-order valence-electron chi connectivity index (χ4n) is 6.45. The highest BCUT2D eigenvalue weighted by molar-refractivity contribution is 5.05. The Kier molecular flexibility index (Phi) is 3.00. The maximum Gasteiger partial charge on any atom is 0.0723 e. The van der Waals surface area contributed by atoms with E-state index < -0.39 is 0 Å². The Balaban J connectivity index is 1.29. The van der Waals surface area contributed by atoms with Gasteiger partial charge in [-0.3, -0.25) is 4.90 Å². The van der Waals surface area contributed by atoms with Crippen LogP contribution in [0.15, 0.2) is 0 Å². The van der Waals surface area contributed by atoms with Gasteiger partial charge in [0.15, 0.2) is 0 Å². The monoisotopic (exact) mass is 289 g/mol. The maximum absolute atomic E-state index is 11.2. The Morgan fingerprint density at radius 2 is 1.48 bits per heavy atom. The Labute approximate surface area is 129 Å². The molecule has 0 amide bonds. The second kappa shape index (κ2) is 4.71. The molecule has 6 rings (SSSR count). The van der Waals surface area contributed by atoms with Gasteiger partial charge in [-0.05, 0) is 93.3 Å². The average Bonchev–Trinajstić information content (AvgIpc) is 3.31. The van der Waals surface area contributed by atoms with Crippen LogP contribution in [0.3, 0.4) is 0 Å². The molecule has 21 heavy (non-hydrogen) atoms. The van der Waals surface area contributed by atoms with Crippen molar-refractivity contribution in [3.05, 3.63) is 0 Å². The van der Waals surface area contributed by atoms with Gasteiger partial charge in [0, 0.05) is 19.1 Å². The second-order valence-corrected chi connectivity index (χ2v) is 9.42. The molecule has 0 aromatic heterocycles. The summed E-state index contributed by atoms with van der Waals surface area (Å²) in [6.07, 6.45) is 14.1. The van der Waals surface area contributed by atoms with Crippen LogP contribution in [0.1, 0.15) is 64.2 Å². The summed E-state index contributed by atoms with van der Waals surface area (Å²) in [7, 11) is 0. The van der Waals surface area contributed by atoms with E-state index in [1.54, 1.807) is 0 Å². The van der Waals surface area contributed by atoms with Crippen LogP contribution in [-0.4, -0.2) is 35.2 Å². The lowest BCUT2D eigenvalue weighted by Gasteiger charge is -2.58. The van der Waals surface area contributed by atoms with Crippen LogP contribution < -0.4 is 0 Å². The van der Waals surface area contributed by atoms with Crippen molar-refractivity contribution in [3.8, 4) is 0 Å². The van der Waals surface area contributed by atoms with Crippen LogP contribution in [0.4, 0.5) is 0 Å². The molecule has 6 fully saturated rings. The zero-order valence-electron chi connectivity index (χ0n) is 13.3. The smallest absolute Gasteiger partial charge is 0.0723 e. The maximum atomic E-state index is 11.2. The van der Waals surface area contributed by atoms with Gasteiger partial charge in [0.25, 0.3) is 0 Å². The normalized spacial score (nSPS) is 46.3. The van der Waals surface area contributed by atoms with Gasteiger partial charge in [-0.15, -0.1) is 0 Å². The van der Waals surface area contributed by atoms with E-state index in [0.717, 1.165) is 36.3 Å². The molecule has 0 radical (unpaired) electrons. The summed E-state index contributed by atoms with van der Waals surface area (Å²) in [5.41, 5.74) is 0.325. The largest absolute Gasteiger partial charge is 0.391 e. The molecule has 6 aliphatic rings. The molecular weight excluding hydrogens is 258 g/mol. The summed E-state index contributed by atoms with van der Waals surface area (Å²) in [5, 5.41) is 11.2. The highest BCUT2D eigenvalue weighted by Gasteiger charge is 2.54. The predicted octanol–water partition coefficient (Wildman–Crippen LogP) is 3.44. The van der Waals surface area contributed by atoms with Crippen LogP contribution in [0, 0.1) is 29.1 Å². The average molecular weight is 289 g/mol. The van der Waals surface area contributed by atoms with Crippen LogP contribution in [-0.2, 0) is 0 Å². The molecule has 6 aliphatic carbocycles. The molecule has 4 bridgehead atoms. The molecule has 2 nitrogen and oxygen atoms in total. The number of aliphatic hydroxyl groups is 1. The fraction of sp³-hybridized carbons (Fsp3) is 1.00. The van der Waals surface area contributed by atoms with Gasteiger partial charge in [-0.1, -0.05) is 0 Å². The SMILES string of the molecule is OC(CN(CC1CC1)C1CC1)C12CC3CC(CC(C3)C1)C2. The predicted molar refractivity (Wildman–Crippen MR) is 83.9 cm³/mol. The van der Waals surface area contributed by atoms with Crippen molar-refractivity contribution in [2.75, 3.05) is 13.1 Å². The summed E-state index contributed by atoms with van der Waals surface area (Å²) in [4.78, 5) is 2.68. The number of hydrogen-bond donors (Lipinski definition) is 1. The fourth-order valence-corrected chi connectivity index (χ4v) is 6.45. The topological polar surface area (TPSA) is 23.5 Å². The van der Waals surface area contributed by atoms with Gasteiger partial charge in [0.05, 0.1) is 6.10 Å². The number of rotatable bonds is 6. The molecular formula is C19H31NO. The molecule has 0 aromatic rings. The third-order valence-electron chi connectivity index (χ3n) is 7.45. The van der Waals surface area contributed by atoms with Crippen molar-refractivity contribution >= 4 is 0 Å². The molecule has 2 heteroatoms. The van der Waals surface area contributed by atoms with E-state index >= 15 is 0 Å². The zero-order valence-corrected chi connectivity index (χ0v) is 13.3. The molecule has 0 aliphatic heterocycles.